The molecule has 14 heavy (non-hydrogen) atoms. The van der Waals surface area contributed by atoms with E-state index in [-0.39, 0.29) is 16.2 Å². The van der Waals surface area contributed by atoms with Crippen molar-refractivity contribution in [3.05, 3.63) is 10.8 Å². The number of hydrogen-bond acceptors (Lipinski definition) is 3. The fraction of sp³-hybridized carbons (Fsp3) is 0.600. The second-order valence-corrected chi connectivity index (χ2v) is 4.65. The molecular formula is C10H13ClO3. The van der Waals surface area contributed by atoms with Gasteiger partial charge in [-0.1, -0.05) is 25.4 Å². The number of hydrogen-bond donors (Lipinski definition) is 0. The van der Waals surface area contributed by atoms with Crippen LogP contribution in [0.15, 0.2) is 10.8 Å². The molecule has 0 bridgehead atoms. The van der Waals surface area contributed by atoms with E-state index in [2.05, 4.69) is 0 Å². The Balaban J connectivity index is 2.94. The van der Waals surface area contributed by atoms with E-state index in [0.717, 1.165) is 0 Å². The fourth-order valence-corrected chi connectivity index (χ4v) is 1.67. The first-order valence-corrected chi connectivity index (χ1v) is 4.80. The largest absolute Gasteiger partial charge is 0.430 e. The molecule has 4 heteroatoms. The molecule has 0 aromatic carbocycles. The normalized spacial score (nSPS) is 21.0. The highest BCUT2D eigenvalue weighted by Gasteiger charge is 2.33. The van der Waals surface area contributed by atoms with Crippen LogP contribution in [0.25, 0.3) is 0 Å². The molecule has 1 aliphatic carbocycles. The van der Waals surface area contributed by atoms with Crippen molar-refractivity contribution in [1.82, 2.24) is 0 Å². The maximum absolute atomic E-state index is 11.4. The van der Waals surface area contributed by atoms with Crippen LogP contribution in [0, 0.1) is 5.41 Å². The van der Waals surface area contributed by atoms with E-state index in [9.17, 15) is 9.59 Å². The van der Waals surface area contributed by atoms with Crippen LogP contribution < -0.4 is 0 Å². The molecule has 1 rings (SSSR count). The van der Waals surface area contributed by atoms with E-state index < -0.39 is 5.97 Å². The molecule has 78 valence electrons. The van der Waals surface area contributed by atoms with E-state index >= 15 is 0 Å². The molecule has 0 radical (unpaired) electrons. The van der Waals surface area contributed by atoms with Crippen LogP contribution in [-0.2, 0) is 14.3 Å². The van der Waals surface area contributed by atoms with Gasteiger partial charge in [-0.2, -0.15) is 0 Å². The van der Waals surface area contributed by atoms with Crippen LogP contribution in [-0.4, -0.2) is 11.8 Å². The Bertz CT molecular complexity index is 315. The summed E-state index contributed by atoms with van der Waals surface area (Å²) < 4.78 is 4.90. The summed E-state index contributed by atoms with van der Waals surface area (Å²) in [4.78, 5) is 22.2. The number of esters is 1. The lowest BCUT2D eigenvalue weighted by Gasteiger charge is -2.29. The van der Waals surface area contributed by atoms with Crippen molar-refractivity contribution >= 4 is 23.4 Å². The van der Waals surface area contributed by atoms with Gasteiger partial charge in [0.1, 0.15) is 10.8 Å². The number of rotatable bonds is 1. The van der Waals surface area contributed by atoms with Crippen molar-refractivity contribution in [3.63, 3.8) is 0 Å². The first kappa shape index (κ1) is 11.2. The molecule has 0 unspecified atom stereocenters. The minimum Gasteiger partial charge on any atom is -0.430 e. The molecule has 0 amide bonds. The third kappa shape index (κ3) is 2.58. The number of carbonyl (C=O) groups is 2. The first-order chi connectivity index (χ1) is 6.32. The summed E-state index contributed by atoms with van der Waals surface area (Å²) in [6.45, 7) is 5.18. The van der Waals surface area contributed by atoms with Gasteiger partial charge in [0.05, 0.1) is 0 Å². The quantitative estimate of drug-likeness (QED) is 0.632. The highest BCUT2D eigenvalue weighted by Crippen LogP contribution is 2.38. The molecule has 0 spiro atoms. The van der Waals surface area contributed by atoms with Gasteiger partial charge in [0.25, 0.3) is 0 Å². The molecule has 1 aliphatic rings. The van der Waals surface area contributed by atoms with Gasteiger partial charge in [-0.05, 0) is 5.41 Å². The molecular weight excluding hydrogens is 204 g/mol. The van der Waals surface area contributed by atoms with Crippen molar-refractivity contribution < 1.29 is 14.3 Å². The van der Waals surface area contributed by atoms with Crippen molar-refractivity contribution in [1.29, 1.82) is 0 Å². The summed E-state index contributed by atoms with van der Waals surface area (Å²) in [5.41, 5.74) is -0.180. The average molecular weight is 217 g/mol. The summed E-state index contributed by atoms with van der Waals surface area (Å²) in [6, 6.07) is 0. The predicted octanol–water partition coefficient (Wildman–Crippen LogP) is 2.39. The van der Waals surface area contributed by atoms with Gasteiger partial charge in [-0.3, -0.25) is 9.59 Å². The fourth-order valence-electron chi connectivity index (χ4n) is 1.50. The van der Waals surface area contributed by atoms with Crippen LogP contribution in [0.1, 0.15) is 33.6 Å². The maximum atomic E-state index is 11.4. The standard InChI is InChI=1S/C10H13ClO3/c1-6(12)14-8-5-10(2,3)4-7(13)9(8)11/h4-5H2,1-3H3. The van der Waals surface area contributed by atoms with E-state index in [4.69, 9.17) is 16.3 Å². The zero-order valence-corrected chi connectivity index (χ0v) is 9.27. The zero-order chi connectivity index (χ0) is 10.9. The third-order valence-electron chi connectivity index (χ3n) is 2.03. The average Bonchev–Trinajstić information content (AvgIpc) is 1.97. The predicted molar refractivity (Wildman–Crippen MR) is 52.7 cm³/mol. The van der Waals surface area contributed by atoms with Crippen LogP contribution >= 0.6 is 11.6 Å². The molecule has 0 saturated heterocycles. The Labute approximate surface area is 88.1 Å². The molecule has 0 aromatic heterocycles. The maximum Gasteiger partial charge on any atom is 0.307 e. The van der Waals surface area contributed by atoms with E-state index in [0.29, 0.717) is 18.6 Å². The lowest BCUT2D eigenvalue weighted by Crippen LogP contribution is -2.25. The van der Waals surface area contributed by atoms with E-state index in [1.165, 1.54) is 6.92 Å². The van der Waals surface area contributed by atoms with Gasteiger partial charge in [0, 0.05) is 19.8 Å². The third-order valence-corrected chi connectivity index (χ3v) is 2.46. The molecule has 0 fully saturated rings. The van der Waals surface area contributed by atoms with Crippen LogP contribution in [0.3, 0.4) is 0 Å². The van der Waals surface area contributed by atoms with Gasteiger partial charge < -0.3 is 4.74 Å². The van der Waals surface area contributed by atoms with Crippen LogP contribution in [0.4, 0.5) is 0 Å². The van der Waals surface area contributed by atoms with Gasteiger partial charge in [-0.15, -0.1) is 0 Å². The molecule has 0 N–H and O–H groups in total. The second-order valence-electron chi connectivity index (χ2n) is 4.27. The molecule has 3 nitrogen and oxygen atoms in total. The van der Waals surface area contributed by atoms with Gasteiger partial charge in [-0.25, -0.2) is 0 Å². The monoisotopic (exact) mass is 216 g/mol. The number of ether oxygens (including phenoxy) is 1. The van der Waals surface area contributed by atoms with Gasteiger partial charge in [0.2, 0.25) is 0 Å². The summed E-state index contributed by atoms with van der Waals surface area (Å²) in [5, 5.41) is 0.0690. The highest BCUT2D eigenvalue weighted by molar-refractivity contribution is 6.43. The summed E-state index contributed by atoms with van der Waals surface area (Å²) >= 11 is 5.76. The summed E-state index contributed by atoms with van der Waals surface area (Å²) in [6.07, 6.45) is 0.924. The molecule has 0 aromatic rings. The van der Waals surface area contributed by atoms with Crippen molar-refractivity contribution in [3.8, 4) is 0 Å². The van der Waals surface area contributed by atoms with Gasteiger partial charge in [0.15, 0.2) is 5.78 Å². The van der Waals surface area contributed by atoms with Crippen molar-refractivity contribution in [2.45, 2.75) is 33.6 Å². The minimum absolute atomic E-state index is 0.0690. The van der Waals surface area contributed by atoms with Crippen molar-refractivity contribution in [2.24, 2.45) is 5.41 Å². The Morgan fingerprint density at radius 3 is 2.50 bits per heavy atom. The number of carbonyl (C=O) groups excluding carboxylic acids is 2. The summed E-state index contributed by atoms with van der Waals surface area (Å²) in [5.74, 6) is -0.289. The molecule has 0 saturated carbocycles. The zero-order valence-electron chi connectivity index (χ0n) is 8.52. The number of halogens is 1. The highest BCUT2D eigenvalue weighted by atomic mass is 35.5. The Hall–Kier alpha value is -0.830. The minimum atomic E-state index is -0.441. The van der Waals surface area contributed by atoms with Gasteiger partial charge >= 0.3 is 5.97 Å². The van der Waals surface area contributed by atoms with Crippen molar-refractivity contribution in [2.75, 3.05) is 0 Å². The number of Topliss-reactive ketones (excluding diaryl/α,β-unsaturated/α-hetero) is 1. The lowest BCUT2D eigenvalue weighted by atomic mass is 9.79. The topological polar surface area (TPSA) is 43.4 Å². The second kappa shape index (κ2) is 3.73. The number of ketones is 1. The molecule has 0 aliphatic heterocycles. The molecule has 0 heterocycles. The summed E-state index contributed by atoms with van der Waals surface area (Å²) in [7, 11) is 0. The Morgan fingerprint density at radius 2 is 2.00 bits per heavy atom. The first-order valence-electron chi connectivity index (χ1n) is 4.42. The molecule has 0 atom stereocenters. The van der Waals surface area contributed by atoms with E-state index in [1.807, 2.05) is 13.8 Å². The Morgan fingerprint density at radius 1 is 1.43 bits per heavy atom. The van der Waals surface area contributed by atoms with Crippen LogP contribution in [0.5, 0.6) is 0 Å². The lowest BCUT2D eigenvalue weighted by molar-refractivity contribution is -0.137. The van der Waals surface area contributed by atoms with E-state index in [1.54, 1.807) is 0 Å². The smallest absolute Gasteiger partial charge is 0.307 e. The Kier molecular flexibility index (Phi) is 3.00. The van der Waals surface area contributed by atoms with Crippen LogP contribution in [0.2, 0.25) is 0 Å². The number of allylic oxidation sites excluding steroid dienone is 2. The SMILES string of the molecule is CC(=O)OC1=C(Cl)C(=O)CC(C)(C)C1.